The van der Waals surface area contributed by atoms with Crippen molar-refractivity contribution in [1.29, 1.82) is 0 Å². The highest BCUT2D eigenvalue weighted by atomic mass is 79.9. The fourth-order valence-electron chi connectivity index (χ4n) is 3.12. The van der Waals surface area contributed by atoms with Gasteiger partial charge < -0.3 is 9.88 Å². The zero-order valence-corrected chi connectivity index (χ0v) is 17.2. The van der Waals surface area contributed by atoms with E-state index in [1.165, 1.54) is 5.56 Å². The van der Waals surface area contributed by atoms with Crippen LogP contribution in [0.2, 0.25) is 0 Å². The summed E-state index contributed by atoms with van der Waals surface area (Å²) >= 11 is 3.47. The highest BCUT2D eigenvalue weighted by molar-refractivity contribution is 9.10. The van der Waals surface area contributed by atoms with E-state index >= 15 is 0 Å². The summed E-state index contributed by atoms with van der Waals surface area (Å²) in [6.07, 6.45) is 0. The molecule has 0 saturated carbocycles. The fourth-order valence-corrected chi connectivity index (χ4v) is 3.39. The van der Waals surface area contributed by atoms with Crippen molar-refractivity contribution in [2.75, 3.05) is 5.32 Å². The molecule has 2 aromatic heterocycles. The molecular weight excluding hydrogens is 416 g/mol. The normalized spacial score (nSPS) is 11.0. The molecule has 0 fully saturated rings. The first-order chi connectivity index (χ1) is 13.5. The van der Waals surface area contributed by atoms with Crippen molar-refractivity contribution in [2.45, 2.75) is 20.4 Å². The Morgan fingerprint density at radius 1 is 1.04 bits per heavy atom. The van der Waals surface area contributed by atoms with Crippen molar-refractivity contribution in [2.24, 2.45) is 0 Å². The summed E-state index contributed by atoms with van der Waals surface area (Å²) < 4.78 is 3.14. The van der Waals surface area contributed by atoms with Gasteiger partial charge in [0.1, 0.15) is 11.3 Å². The molecule has 1 amide bonds. The topological polar surface area (TPSA) is 59.8 Å². The van der Waals surface area contributed by atoms with Gasteiger partial charge in [0, 0.05) is 10.0 Å². The molecule has 0 aliphatic carbocycles. The van der Waals surface area contributed by atoms with E-state index in [-0.39, 0.29) is 5.91 Å². The van der Waals surface area contributed by atoms with Gasteiger partial charge in [-0.2, -0.15) is 0 Å². The van der Waals surface area contributed by atoms with E-state index in [9.17, 15) is 4.79 Å². The van der Waals surface area contributed by atoms with Crippen LogP contribution in [0.1, 0.15) is 27.4 Å². The van der Waals surface area contributed by atoms with E-state index < -0.39 is 0 Å². The number of hydrogen-bond donors (Lipinski definition) is 1. The molecule has 28 heavy (non-hydrogen) atoms. The number of amides is 1. The van der Waals surface area contributed by atoms with Gasteiger partial charge in [0.2, 0.25) is 0 Å². The third-order valence-electron chi connectivity index (χ3n) is 4.64. The van der Waals surface area contributed by atoms with Crippen molar-refractivity contribution in [3.05, 3.63) is 87.8 Å². The summed E-state index contributed by atoms with van der Waals surface area (Å²) in [6, 6.07) is 19.3. The highest BCUT2D eigenvalue weighted by Crippen LogP contribution is 2.23. The zero-order valence-electron chi connectivity index (χ0n) is 15.6. The van der Waals surface area contributed by atoms with E-state index in [1.807, 2.05) is 50.2 Å². The average molecular weight is 435 g/mol. The number of pyridine rings is 1. The van der Waals surface area contributed by atoms with E-state index in [1.54, 1.807) is 12.1 Å². The Kier molecular flexibility index (Phi) is 4.96. The van der Waals surface area contributed by atoms with E-state index in [0.29, 0.717) is 17.8 Å². The van der Waals surface area contributed by atoms with Crippen LogP contribution in [0.25, 0.3) is 11.2 Å². The summed E-state index contributed by atoms with van der Waals surface area (Å²) in [5.41, 5.74) is 4.80. The van der Waals surface area contributed by atoms with Gasteiger partial charge in [-0.25, -0.2) is 9.97 Å². The molecule has 0 saturated heterocycles. The Hall–Kier alpha value is -2.99. The quantitative estimate of drug-likeness (QED) is 0.485. The number of fused-ring (bicyclic) bond motifs is 1. The molecule has 0 unspecified atom stereocenters. The molecule has 0 aliphatic heterocycles. The molecule has 2 aromatic carbocycles. The molecule has 4 aromatic rings. The van der Waals surface area contributed by atoms with Crippen LogP contribution < -0.4 is 5.32 Å². The number of aryl methyl sites for hydroxylation is 2. The number of carbonyl (C=O) groups excluding carboxylic acids is 1. The van der Waals surface area contributed by atoms with Crippen LogP contribution in [0, 0.1) is 13.8 Å². The van der Waals surface area contributed by atoms with Crippen LogP contribution in [0.4, 0.5) is 5.69 Å². The smallest absolute Gasteiger partial charge is 0.255 e. The standard InChI is InChI=1S/C22H19BrN4O/c1-14-19(26-22(28)17-6-4-3-5-7-17)12-20-21(24-14)27(15(2)25-20)13-16-8-10-18(23)11-9-16/h3-12H,13H2,1-2H3,(H,26,28). The maximum Gasteiger partial charge on any atom is 0.255 e. The number of nitrogens with zero attached hydrogens (tertiary/aromatic N) is 3. The number of carbonyl (C=O) groups is 1. The molecule has 1 N–H and O–H groups in total. The lowest BCUT2D eigenvalue weighted by molar-refractivity contribution is 0.102. The number of rotatable bonds is 4. The number of anilines is 1. The first kappa shape index (κ1) is 18.4. The molecule has 0 spiro atoms. The molecule has 140 valence electrons. The Balaban J connectivity index is 1.66. The van der Waals surface area contributed by atoms with Crippen LogP contribution in [0.5, 0.6) is 0 Å². The molecule has 0 atom stereocenters. The van der Waals surface area contributed by atoms with Crippen molar-refractivity contribution in [3.8, 4) is 0 Å². The number of imidazole rings is 1. The van der Waals surface area contributed by atoms with Crippen molar-refractivity contribution in [1.82, 2.24) is 14.5 Å². The Morgan fingerprint density at radius 2 is 1.75 bits per heavy atom. The summed E-state index contributed by atoms with van der Waals surface area (Å²) in [6.45, 7) is 4.56. The van der Waals surface area contributed by atoms with Gasteiger partial charge in [-0.05, 0) is 49.7 Å². The lowest BCUT2D eigenvalue weighted by atomic mass is 10.2. The van der Waals surface area contributed by atoms with Crippen molar-refractivity contribution in [3.63, 3.8) is 0 Å². The van der Waals surface area contributed by atoms with Gasteiger partial charge >= 0.3 is 0 Å². The van der Waals surface area contributed by atoms with Gasteiger partial charge in [0.25, 0.3) is 5.91 Å². The Labute approximate surface area is 171 Å². The van der Waals surface area contributed by atoms with Gasteiger partial charge in [-0.3, -0.25) is 4.79 Å². The predicted molar refractivity (Wildman–Crippen MR) is 115 cm³/mol. The Bertz CT molecular complexity index is 1150. The predicted octanol–water partition coefficient (Wildman–Crippen LogP) is 5.11. The first-order valence-electron chi connectivity index (χ1n) is 8.96. The molecule has 4 rings (SSSR count). The van der Waals surface area contributed by atoms with Crippen LogP contribution in [0.3, 0.4) is 0 Å². The maximum absolute atomic E-state index is 12.5. The third-order valence-corrected chi connectivity index (χ3v) is 5.17. The Morgan fingerprint density at radius 3 is 2.46 bits per heavy atom. The minimum atomic E-state index is -0.157. The molecule has 0 bridgehead atoms. The third kappa shape index (κ3) is 3.68. The minimum Gasteiger partial charge on any atom is -0.320 e. The molecule has 0 aliphatic rings. The van der Waals surface area contributed by atoms with Crippen LogP contribution in [-0.4, -0.2) is 20.4 Å². The minimum absolute atomic E-state index is 0.157. The largest absolute Gasteiger partial charge is 0.320 e. The number of benzene rings is 2. The molecule has 6 heteroatoms. The van der Waals surface area contributed by atoms with E-state index in [2.05, 4.69) is 42.9 Å². The van der Waals surface area contributed by atoms with Gasteiger partial charge in [-0.1, -0.05) is 46.3 Å². The zero-order chi connectivity index (χ0) is 19.7. The van der Waals surface area contributed by atoms with Gasteiger partial charge in [-0.15, -0.1) is 0 Å². The summed E-state index contributed by atoms with van der Waals surface area (Å²) in [4.78, 5) is 21.9. The second-order valence-corrected chi connectivity index (χ2v) is 7.57. The average Bonchev–Trinajstić information content (AvgIpc) is 2.99. The van der Waals surface area contributed by atoms with Gasteiger partial charge in [0.05, 0.1) is 17.9 Å². The van der Waals surface area contributed by atoms with E-state index in [4.69, 9.17) is 4.98 Å². The highest BCUT2D eigenvalue weighted by Gasteiger charge is 2.14. The second-order valence-electron chi connectivity index (χ2n) is 6.66. The molecule has 2 heterocycles. The summed E-state index contributed by atoms with van der Waals surface area (Å²) in [5, 5.41) is 2.95. The monoisotopic (exact) mass is 434 g/mol. The van der Waals surface area contributed by atoms with Crippen LogP contribution in [0.15, 0.2) is 65.1 Å². The van der Waals surface area contributed by atoms with Gasteiger partial charge in [0.15, 0.2) is 5.65 Å². The number of hydrogen-bond acceptors (Lipinski definition) is 3. The van der Waals surface area contributed by atoms with Crippen molar-refractivity contribution >= 4 is 38.7 Å². The van der Waals surface area contributed by atoms with E-state index in [0.717, 1.165) is 27.2 Å². The number of halogens is 1. The van der Waals surface area contributed by atoms with Crippen molar-refractivity contribution < 1.29 is 4.79 Å². The SMILES string of the molecule is Cc1nc2c(cc1NC(=O)c1ccccc1)nc(C)n2Cc1ccc(Br)cc1. The fraction of sp³-hybridized carbons (Fsp3) is 0.136. The second kappa shape index (κ2) is 7.56. The lowest BCUT2D eigenvalue weighted by Gasteiger charge is -2.10. The number of nitrogens with one attached hydrogen (secondary N) is 1. The maximum atomic E-state index is 12.5. The lowest BCUT2D eigenvalue weighted by Crippen LogP contribution is -2.13. The summed E-state index contributed by atoms with van der Waals surface area (Å²) in [5.74, 6) is 0.729. The van der Waals surface area contributed by atoms with Crippen LogP contribution in [-0.2, 0) is 6.54 Å². The molecular formula is C22H19BrN4O. The van der Waals surface area contributed by atoms with Crippen LogP contribution >= 0.6 is 15.9 Å². The number of aromatic nitrogens is 3. The molecule has 0 radical (unpaired) electrons. The summed E-state index contributed by atoms with van der Waals surface area (Å²) in [7, 11) is 0. The first-order valence-corrected chi connectivity index (χ1v) is 9.76. The molecule has 5 nitrogen and oxygen atoms in total.